The van der Waals surface area contributed by atoms with Crippen molar-refractivity contribution in [2.75, 3.05) is 7.11 Å². The maximum atomic E-state index is 11.0. The molecule has 0 saturated heterocycles. The summed E-state index contributed by atoms with van der Waals surface area (Å²) in [6, 6.07) is 0. The van der Waals surface area contributed by atoms with Gasteiger partial charge in [-0.15, -0.1) is 0 Å². The Morgan fingerprint density at radius 2 is 1.78 bits per heavy atom. The molecule has 0 aliphatic rings. The van der Waals surface area contributed by atoms with Crippen LogP contribution in [-0.4, -0.2) is 35.5 Å². The minimum Gasteiger partial charge on any atom is -0.469 e. The molecule has 0 radical (unpaired) electrons. The van der Waals surface area contributed by atoms with Gasteiger partial charge in [0.15, 0.2) is 0 Å². The van der Waals surface area contributed by atoms with Crippen molar-refractivity contribution in [2.24, 2.45) is 5.92 Å². The summed E-state index contributed by atoms with van der Waals surface area (Å²) in [5, 5.41) is 19.9. The van der Waals surface area contributed by atoms with Crippen LogP contribution in [0.1, 0.15) is 65.7 Å². The number of aliphatic hydroxyl groups excluding tert-OH is 2. The highest BCUT2D eigenvalue weighted by atomic mass is 16.5. The molecule has 0 bridgehead atoms. The van der Waals surface area contributed by atoms with Crippen LogP contribution in [0.5, 0.6) is 0 Å². The van der Waals surface area contributed by atoms with E-state index in [0.717, 1.165) is 18.4 Å². The molecule has 4 nitrogen and oxygen atoms in total. The van der Waals surface area contributed by atoms with E-state index >= 15 is 0 Å². The van der Waals surface area contributed by atoms with E-state index in [1.54, 1.807) is 6.08 Å². The van der Waals surface area contributed by atoms with Gasteiger partial charge >= 0.3 is 5.97 Å². The van der Waals surface area contributed by atoms with Crippen LogP contribution in [0.3, 0.4) is 0 Å². The Bertz CT molecular complexity index is 503. The number of aliphatic hydroxyl groups is 2. The van der Waals surface area contributed by atoms with Crippen molar-refractivity contribution < 1.29 is 19.7 Å². The van der Waals surface area contributed by atoms with E-state index in [1.807, 2.05) is 50.3 Å². The van der Waals surface area contributed by atoms with Crippen molar-refractivity contribution in [1.82, 2.24) is 0 Å². The minimum absolute atomic E-state index is 0.150. The quantitative estimate of drug-likeness (QED) is 0.257. The lowest BCUT2D eigenvalue weighted by Gasteiger charge is -2.14. The Kier molecular flexibility index (Phi) is 15.5. The number of esters is 1. The van der Waals surface area contributed by atoms with Crippen LogP contribution in [0, 0.1) is 5.92 Å². The van der Waals surface area contributed by atoms with Gasteiger partial charge in [-0.2, -0.15) is 0 Å². The van der Waals surface area contributed by atoms with Crippen LogP contribution in [0.15, 0.2) is 48.1 Å². The fourth-order valence-corrected chi connectivity index (χ4v) is 2.48. The summed E-state index contributed by atoms with van der Waals surface area (Å²) < 4.78 is 4.57. The van der Waals surface area contributed by atoms with Crippen molar-refractivity contribution in [3.8, 4) is 0 Å². The number of methoxy groups -OCH3 is 1. The Balaban J connectivity index is 4.18. The number of unbranched alkanes of at least 4 members (excludes halogenated alkanes) is 2. The van der Waals surface area contributed by atoms with E-state index in [0.29, 0.717) is 19.3 Å². The summed E-state index contributed by atoms with van der Waals surface area (Å²) in [5.41, 5.74) is 1.03. The molecule has 0 aromatic rings. The minimum atomic E-state index is -0.558. The maximum absolute atomic E-state index is 11.0. The zero-order chi connectivity index (χ0) is 20.5. The first-order valence-electron chi connectivity index (χ1n) is 10.0. The molecular formula is C23H38O4. The van der Waals surface area contributed by atoms with Crippen molar-refractivity contribution in [3.05, 3.63) is 48.1 Å². The van der Waals surface area contributed by atoms with Gasteiger partial charge in [-0.3, -0.25) is 4.79 Å². The fourth-order valence-electron chi connectivity index (χ4n) is 2.48. The van der Waals surface area contributed by atoms with E-state index in [9.17, 15) is 15.0 Å². The van der Waals surface area contributed by atoms with Gasteiger partial charge < -0.3 is 14.9 Å². The second-order valence-corrected chi connectivity index (χ2v) is 7.00. The molecular weight excluding hydrogens is 340 g/mol. The summed E-state index contributed by atoms with van der Waals surface area (Å²) in [7, 11) is 1.37. The Labute approximate surface area is 165 Å². The highest BCUT2D eigenvalue weighted by molar-refractivity contribution is 5.68. The predicted molar refractivity (Wildman–Crippen MR) is 112 cm³/mol. The van der Waals surface area contributed by atoms with E-state index in [2.05, 4.69) is 11.7 Å². The molecule has 0 rings (SSSR count). The molecule has 0 unspecified atom stereocenters. The lowest BCUT2D eigenvalue weighted by Crippen LogP contribution is -2.15. The first-order chi connectivity index (χ1) is 12.9. The average molecular weight is 379 g/mol. The molecule has 27 heavy (non-hydrogen) atoms. The molecule has 2 N–H and O–H groups in total. The summed E-state index contributed by atoms with van der Waals surface area (Å²) in [6.07, 6.45) is 18.4. The number of hydrogen-bond donors (Lipinski definition) is 2. The van der Waals surface area contributed by atoms with Gasteiger partial charge in [0.05, 0.1) is 19.3 Å². The van der Waals surface area contributed by atoms with Gasteiger partial charge in [0.25, 0.3) is 0 Å². The van der Waals surface area contributed by atoms with Crippen molar-refractivity contribution >= 4 is 5.97 Å². The van der Waals surface area contributed by atoms with Crippen LogP contribution >= 0.6 is 0 Å². The van der Waals surface area contributed by atoms with Gasteiger partial charge in [0, 0.05) is 12.3 Å². The Morgan fingerprint density at radius 1 is 1.04 bits per heavy atom. The summed E-state index contributed by atoms with van der Waals surface area (Å²) in [6.45, 7) is 6.16. The standard InChI is InChI=1S/C23H38O4/c1-5-6-8-15-22(25)20(3)13-10-7-9-12-19(2)17-18-21(24)14-11-16-23(26)27-4/h7,9-10,12-13,17-18,20-22,24-25H,5-6,8,11,14-16H2,1-4H3/b9-7+,13-10+,18-17+,19-12-/t20-,21+,22-/m1/s1. The smallest absolute Gasteiger partial charge is 0.305 e. The first kappa shape index (κ1) is 25.4. The third-order valence-electron chi connectivity index (χ3n) is 4.40. The number of rotatable bonds is 14. The number of ether oxygens (including phenoxy) is 1. The normalized spacial score (nSPS) is 16.3. The fraction of sp³-hybridized carbons (Fsp3) is 0.609. The largest absolute Gasteiger partial charge is 0.469 e. The van der Waals surface area contributed by atoms with E-state index in [-0.39, 0.29) is 18.0 Å². The third-order valence-corrected chi connectivity index (χ3v) is 4.40. The third kappa shape index (κ3) is 15.1. The first-order valence-corrected chi connectivity index (χ1v) is 10.0. The molecule has 0 aromatic heterocycles. The van der Waals surface area contributed by atoms with Crippen LogP contribution in [0.4, 0.5) is 0 Å². The second kappa shape index (κ2) is 16.5. The number of hydrogen-bond acceptors (Lipinski definition) is 4. The molecule has 0 heterocycles. The average Bonchev–Trinajstić information content (AvgIpc) is 2.65. The molecule has 4 heteroatoms. The summed E-state index contributed by atoms with van der Waals surface area (Å²) in [5.74, 6) is -0.0974. The van der Waals surface area contributed by atoms with Gasteiger partial charge in [-0.05, 0) is 26.2 Å². The Morgan fingerprint density at radius 3 is 2.44 bits per heavy atom. The second-order valence-electron chi connectivity index (χ2n) is 7.00. The van der Waals surface area contributed by atoms with E-state index < -0.39 is 6.10 Å². The molecule has 0 aromatic carbocycles. The molecule has 0 aliphatic carbocycles. The lowest BCUT2D eigenvalue weighted by atomic mass is 9.98. The van der Waals surface area contributed by atoms with Gasteiger partial charge in [-0.25, -0.2) is 0 Å². The van der Waals surface area contributed by atoms with Crippen molar-refractivity contribution in [3.63, 3.8) is 0 Å². The summed E-state index contributed by atoms with van der Waals surface area (Å²) in [4.78, 5) is 11.0. The van der Waals surface area contributed by atoms with Gasteiger partial charge in [0.2, 0.25) is 0 Å². The molecule has 3 atom stereocenters. The molecule has 154 valence electrons. The topological polar surface area (TPSA) is 66.8 Å². The van der Waals surface area contributed by atoms with Crippen LogP contribution < -0.4 is 0 Å². The SMILES string of the molecule is CCCCC[C@@H](O)[C@H](C)/C=C/C=C/C=C(C)\C=C\[C@@H](O)CCCC(=O)OC. The monoisotopic (exact) mass is 378 g/mol. The number of carbonyl (C=O) groups excluding carboxylic acids is 1. The number of carbonyl (C=O) groups is 1. The molecule has 0 amide bonds. The van der Waals surface area contributed by atoms with Crippen LogP contribution in [0.25, 0.3) is 0 Å². The lowest BCUT2D eigenvalue weighted by molar-refractivity contribution is -0.140. The van der Waals surface area contributed by atoms with Gasteiger partial charge in [-0.1, -0.05) is 81.2 Å². The van der Waals surface area contributed by atoms with Crippen molar-refractivity contribution in [2.45, 2.75) is 77.9 Å². The Hall–Kier alpha value is -1.65. The molecule has 0 spiro atoms. The molecule has 0 saturated carbocycles. The van der Waals surface area contributed by atoms with Crippen LogP contribution in [-0.2, 0) is 9.53 Å². The number of allylic oxidation sites excluding steroid dienone is 6. The van der Waals surface area contributed by atoms with Gasteiger partial charge in [0.1, 0.15) is 0 Å². The highest BCUT2D eigenvalue weighted by Gasteiger charge is 2.09. The highest BCUT2D eigenvalue weighted by Crippen LogP contribution is 2.13. The summed E-state index contributed by atoms with van der Waals surface area (Å²) >= 11 is 0. The predicted octanol–water partition coefficient (Wildman–Crippen LogP) is 4.88. The van der Waals surface area contributed by atoms with E-state index in [1.165, 1.54) is 20.0 Å². The zero-order valence-electron chi connectivity index (χ0n) is 17.4. The molecule has 0 aliphatic heterocycles. The zero-order valence-corrected chi connectivity index (χ0v) is 17.4. The van der Waals surface area contributed by atoms with Crippen LogP contribution in [0.2, 0.25) is 0 Å². The molecule has 0 fully saturated rings. The van der Waals surface area contributed by atoms with E-state index in [4.69, 9.17) is 0 Å². The van der Waals surface area contributed by atoms with Crippen molar-refractivity contribution in [1.29, 1.82) is 0 Å². The maximum Gasteiger partial charge on any atom is 0.305 e.